The summed E-state index contributed by atoms with van der Waals surface area (Å²) >= 11 is 1.44. The number of hydrogen-bond acceptors (Lipinski definition) is 5. The molecule has 1 aliphatic rings. The van der Waals surface area contributed by atoms with E-state index < -0.39 is 0 Å². The molecule has 0 saturated heterocycles. The Balaban J connectivity index is 1.77. The first kappa shape index (κ1) is 14.9. The van der Waals surface area contributed by atoms with E-state index in [4.69, 9.17) is 0 Å². The molecule has 7 heteroatoms. The number of rotatable bonds is 7. The standard InChI is InChI=1S/C13H20N4O2S/c1-3-17(9(2)18)13-16-11(8-20-13)6-14-7-12(19)15-10-4-5-10/h8,10,14H,3-7H2,1-2H3,(H,15,19). The van der Waals surface area contributed by atoms with E-state index in [0.717, 1.165) is 18.5 Å². The highest BCUT2D eigenvalue weighted by Crippen LogP contribution is 2.20. The van der Waals surface area contributed by atoms with E-state index in [1.807, 2.05) is 12.3 Å². The van der Waals surface area contributed by atoms with Crippen molar-refractivity contribution in [3.05, 3.63) is 11.1 Å². The van der Waals surface area contributed by atoms with Crippen LogP contribution in [0.1, 0.15) is 32.4 Å². The van der Waals surface area contributed by atoms with Gasteiger partial charge in [-0.1, -0.05) is 0 Å². The van der Waals surface area contributed by atoms with Crippen molar-refractivity contribution >= 4 is 28.3 Å². The van der Waals surface area contributed by atoms with Crippen LogP contribution < -0.4 is 15.5 Å². The van der Waals surface area contributed by atoms with Crippen LogP contribution in [0.2, 0.25) is 0 Å². The molecule has 110 valence electrons. The third-order valence-electron chi connectivity index (χ3n) is 3.00. The van der Waals surface area contributed by atoms with E-state index in [1.54, 1.807) is 4.90 Å². The van der Waals surface area contributed by atoms with Crippen molar-refractivity contribution in [1.29, 1.82) is 0 Å². The number of nitrogens with one attached hydrogen (secondary N) is 2. The lowest BCUT2D eigenvalue weighted by Gasteiger charge is -2.14. The summed E-state index contributed by atoms with van der Waals surface area (Å²) in [6, 6.07) is 0.392. The molecule has 1 aliphatic carbocycles. The number of hydrogen-bond donors (Lipinski definition) is 2. The van der Waals surface area contributed by atoms with E-state index in [0.29, 0.717) is 30.8 Å². The van der Waals surface area contributed by atoms with E-state index in [2.05, 4.69) is 15.6 Å². The molecule has 0 atom stereocenters. The summed E-state index contributed by atoms with van der Waals surface area (Å²) in [5.74, 6) is 0.0204. The molecule has 0 aliphatic heterocycles. The Bertz CT molecular complexity index is 484. The molecule has 6 nitrogen and oxygen atoms in total. The molecule has 0 unspecified atom stereocenters. The van der Waals surface area contributed by atoms with E-state index in [-0.39, 0.29) is 11.8 Å². The first-order chi connectivity index (χ1) is 9.60. The fraction of sp³-hybridized carbons (Fsp3) is 0.615. The van der Waals surface area contributed by atoms with Crippen LogP contribution in [0.15, 0.2) is 5.38 Å². The zero-order valence-electron chi connectivity index (χ0n) is 11.8. The van der Waals surface area contributed by atoms with Gasteiger partial charge >= 0.3 is 0 Å². The first-order valence-corrected chi connectivity index (χ1v) is 7.70. The van der Waals surface area contributed by atoms with Gasteiger partial charge in [-0.3, -0.25) is 14.5 Å². The summed E-state index contributed by atoms with van der Waals surface area (Å²) in [6.45, 7) is 4.89. The smallest absolute Gasteiger partial charge is 0.234 e. The summed E-state index contributed by atoms with van der Waals surface area (Å²) in [6.07, 6.45) is 2.19. The van der Waals surface area contributed by atoms with Crippen LogP contribution in [-0.4, -0.2) is 35.9 Å². The maximum atomic E-state index is 11.5. The number of nitrogens with zero attached hydrogens (tertiary/aromatic N) is 2. The van der Waals surface area contributed by atoms with Gasteiger partial charge in [0.15, 0.2) is 5.13 Å². The van der Waals surface area contributed by atoms with Crippen LogP contribution >= 0.6 is 11.3 Å². The Hall–Kier alpha value is -1.47. The number of thiazole rings is 1. The molecular formula is C13H20N4O2S. The minimum Gasteiger partial charge on any atom is -0.352 e. The predicted molar refractivity (Wildman–Crippen MR) is 78.7 cm³/mol. The van der Waals surface area contributed by atoms with Crippen molar-refractivity contribution in [3.8, 4) is 0 Å². The fourth-order valence-corrected chi connectivity index (χ4v) is 2.74. The highest BCUT2D eigenvalue weighted by Gasteiger charge is 2.22. The highest BCUT2D eigenvalue weighted by molar-refractivity contribution is 7.14. The second-order valence-electron chi connectivity index (χ2n) is 4.83. The van der Waals surface area contributed by atoms with Crippen LogP contribution in [0.4, 0.5) is 5.13 Å². The summed E-state index contributed by atoms with van der Waals surface area (Å²) in [5.41, 5.74) is 0.851. The lowest BCUT2D eigenvalue weighted by molar-refractivity contribution is -0.120. The van der Waals surface area contributed by atoms with Gasteiger partial charge in [0.05, 0.1) is 12.2 Å². The average Bonchev–Trinajstić information content (AvgIpc) is 3.08. The molecule has 1 saturated carbocycles. The molecule has 1 fully saturated rings. The number of amides is 2. The molecular weight excluding hydrogens is 276 g/mol. The van der Waals surface area contributed by atoms with Gasteiger partial charge in [-0.25, -0.2) is 4.98 Å². The van der Waals surface area contributed by atoms with Crippen molar-refractivity contribution in [1.82, 2.24) is 15.6 Å². The molecule has 0 aromatic carbocycles. The lowest BCUT2D eigenvalue weighted by atomic mass is 10.4. The number of carbonyl (C=O) groups is 2. The Morgan fingerprint density at radius 1 is 1.50 bits per heavy atom. The minimum atomic E-state index is -0.00910. The molecule has 20 heavy (non-hydrogen) atoms. The van der Waals surface area contributed by atoms with Gasteiger partial charge in [-0.15, -0.1) is 11.3 Å². The Morgan fingerprint density at radius 2 is 2.25 bits per heavy atom. The normalized spacial score (nSPS) is 14.1. The van der Waals surface area contributed by atoms with Crippen molar-refractivity contribution in [2.75, 3.05) is 18.0 Å². The molecule has 0 spiro atoms. The Morgan fingerprint density at radius 3 is 2.85 bits per heavy atom. The summed E-state index contributed by atoms with van der Waals surface area (Å²) < 4.78 is 0. The maximum absolute atomic E-state index is 11.5. The van der Waals surface area contributed by atoms with Crippen LogP contribution in [-0.2, 0) is 16.1 Å². The number of anilines is 1. The first-order valence-electron chi connectivity index (χ1n) is 6.82. The molecule has 1 aromatic rings. The third-order valence-corrected chi connectivity index (χ3v) is 3.91. The van der Waals surface area contributed by atoms with Gasteiger partial charge in [0.25, 0.3) is 0 Å². The summed E-state index contributed by atoms with van der Waals surface area (Å²) in [4.78, 5) is 28.9. The Kier molecular flexibility index (Phi) is 5.08. The minimum absolute atomic E-state index is 0.00910. The second kappa shape index (κ2) is 6.81. The van der Waals surface area contributed by atoms with Crippen molar-refractivity contribution in [2.24, 2.45) is 0 Å². The van der Waals surface area contributed by atoms with Crippen LogP contribution in [0, 0.1) is 0 Å². The van der Waals surface area contributed by atoms with Gasteiger partial charge in [-0.05, 0) is 19.8 Å². The number of aromatic nitrogens is 1. The molecule has 1 aromatic heterocycles. The van der Waals surface area contributed by atoms with Crippen LogP contribution in [0.5, 0.6) is 0 Å². The van der Waals surface area contributed by atoms with Crippen molar-refractivity contribution in [2.45, 2.75) is 39.3 Å². The predicted octanol–water partition coefficient (Wildman–Crippen LogP) is 0.884. The van der Waals surface area contributed by atoms with E-state index >= 15 is 0 Å². The van der Waals surface area contributed by atoms with Gasteiger partial charge in [-0.2, -0.15) is 0 Å². The Labute approximate surface area is 122 Å². The van der Waals surface area contributed by atoms with Crippen LogP contribution in [0.3, 0.4) is 0 Å². The zero-order valence-corrected chi connectivity index (χ0v) is 12.6. The van der Waals surface area contributed by atoms with Gasteiger partial charge < -0.3 is 10.6 Å². The van der Waals surface area contributed by atoms with Crippen molar-refractivity contribution < 1.29 is 9.59 Å². The number of carbonyl (C=O) groups excluding carboxylic acids is 2. The average molecular weight is 296 g/mol. The van der Waals surface area contributed by atoms with E-state index in [1.165, 1.54) is 18.3 Å². The quantitative estimate of drug-likeness (QED) is 0.783. The molecule has 2 amide bonds. The largest absolute Gasteiger partial charge is 0.352 e. The summed E-state index contributed by atoms with van der Waals surface area (Å²) in [5, 5.41) is 8.60. The summed E-state index contributed by atoms with van der Waals surface area (Å²) in [7, 11) is 0. The zero-order chi connectivity index (χ0) is 14.5. The van der Waals surface area contributed by atoms with Gasteiger partial charge in [0.2, 0.25) is 11.8 Å². The molecule has 0 radical (unpaired) electrons. The van der Waals surface area contributed by atoms with Crippen LogP contribution in [0.25, 0.3) is 0 Å². The van der Waals surface area contributed by atoms with Crippen molar-refractivity contribution in [3.63, 3.8) is 0 Å². The monoisotopic (exact) mass is 296 g/mol. The SMILES string of the molecule is CCN(C(C)=O)c1nc(CNCC(=O)NC2CC2)cs1. The highest BCUT2D eigenvalue weighted by atomic mass is 32.1. The third kappa shape index (κ3) is 4.28. The van der Waals surface area contributed by atoms with E-state index in [9.17, 15) is 9.59 Å². The topological polar surface area (TPSA) is 74.3 Å². The lowest BCUT2D eigenvalue weighted by Crippen LogP contribution is -2.34. The maximum Gasteiger partial charge on any atom is 0.234 e. The second-order valence-corrected chi connectivity index (χ2v) is 5.67. The van der Waals surface area contributed by atoms with Gasteiger partial charge in [0, 0.05) is 31.4 Å². The molecule has 0 bridgehead atoms. The van der Waals surface area contributed by atoms with Gasteiger partial charge in [0.1, 0.15) is 0 Å². The molecule has 1 heterocycles. The molecule has 2 rings (SSSR count). The fourth-order valence-electron chi connectivity index (χ4n) is 1.80. The molecule has 2 N–H and O–H groups in total.